The minimum Gasteiger partial charge on any atom is -0.369 e. The molecule has 0 aliphatic heterocycles. The lowest BCUT2D eigenvalue weighted by Crippen LogP contribution is -2.07. The molecule has 0 saturated heterocycles. The number of nitrogens with two attached hydrogens (primary N) is 1. The molecule has 1 aromatic carbocycles. The number of hydrogen-bond donors (Lipinski definition) is 2. The fourth-order valence-corrected chi connectivity index (χ4v) is 1.81. The van der Waals surface area contributed by atoms with Crippen molar-refractivity contribution >= 4 is 23.4 Å². The summed E-state index contributed by atoms with van der Waals surface area (Å²) in [7, 11) is 0. The molecule has 94 valence electrons. The van der Waals surface area contributed by atoms with E-state index in [9.17, 15) is 0 Å². The minimum atomic E-state index is 0.227. The van der Waals surface area contributed by atoms with Crippen molar-refractivity contribution in [2.24, 2.45) is 0 Å². The lowest BCUT2D eigenvalue weighted by Gasteiger charge is -2.07. The molecule has 2 rings (SSSR count). The van der Waals surface area contributed by atoms with Crippen LogP contribution in [-0.2, 0) is 6.42 Å². The van der Waals surface area contributed by atoms with Crippen LogP contribution in [-0.4, -0.2) is 16.5 Å². The Hall–Kier alpha value is -1.81. The van der Waals surface area contributed by atoms with E-state index >= 15 is 0 Å². The fraction of sp³-hybridized carbons (Fsp3) is 0.231. The van der Waals surface area contributed by atoms with E-state index in [1.54, 1.807) is 0 Å². The van der Waals surface area contributed by atoms with Gasteiger partial charge in [-0.25, -0.2) is 4.98 Å². The smallest absolute Gasteiger partial charge is 0.222 e. The van der Waals surface area contributed by atoms with Crippen LogP contribution < -0.4 is 11.1 Å². The number of benzene rings is 1. The summed E-state index contributed by atoms with van der Waals surface area (Å²) in [5.41, 5.74) is 6.83. The van der Waals surface area contributed by atoms with Crippen LogP contribution in [0.1, 0.15) is 12.0 Å². The van der Waals surface area contributed by atoms with Gasteiger partial charge in [0.1, 0.15) is 10.8 Å². The third kappa shape index (κ3) is 3.60. The standard InChI is InChI=1S/C13H15ClN4/c14-11-9-17-13(15)18-12(11)16-8-4-7-10-5-2-1-3-6-10/h1-3,5-6,9H,4,7-8H2,(H3,15,16,17,18). The third-order valence-electron chi connectivity index (χ3n) is 2.54. The summed E-state index contributed by atoms with van der Waals surface area (Å²) in [6.45, 7) is 0.797. The zero-order valence-corrected chi connectivity index (χ0v) is 10.7. The van der Waals surface area contributed by atoms with E-state index in [2.05, 4.69) is 27.4 Å². The van der Waals surface area contributed by atoms with Gasteiger partial charge in [0.15, 0.2) is 0 Å². The van der Waals surface area contributed by atoms with E-state index in [1.807, 2.05) is 18.2 Å². The second-order valence-corrected chi connectivity index (χ2v) is 4.35. The van der Waals surface area contributed by atoms with E-state index in [0.29, 0.717) is 10.8 Å². The molecule has 1 heterocycles. The van der Waals surface area contributed by atoms with Gasteiger partial charge in [-0.2, -0.15) is 4.98 Å². The summed E-state index contributed by atoms with van der Waals surface area (Å²) in [6, 6.07) is 10.4. The molecule has 3 N–H and O–H groups in total. The maximum atomic E-state index is 5.95. The minimum absolute atomic E-state index is 0.227. The Balaban J connectivity index is 1.80. The number of nitrogens with zero attached hydrogens (tertiary/aromatic N) is 2. The second-order valence-electron chi connectivity index (χ2n) is 3.94. The van der Waals surface area contributed by atoms with Gasteiger partial charge < -0.3 is 11.1 Å². The predicted octanol–water partition coefficient (Wildman–Crippen LogP) is 2.76. The lowest BCUT2D eigenvalue weighted by atomic mass is 10.1. The van der Waals surface area contributed by atoms with Crippen molar-refractivity contribution in [2.75, 3.05) is 17.6 Å². The topological polar surface area (TPSA) is 63.8 Å². The molecule has 0 unspecified atom stereocenters. The lowest BCUT2D eigenvalue weighted by molar-refractivity contribution is 0.858. The molecular formula is C13H15ClN4. The predicted molar refractivity (Wildman–Crippen MR) is 74.7 cm³/mol. The SMILES string of the molecule is Nc1ncc(Cl)c(NCCCc2ccccc2)n1. The van der Waals surface area contributed by atoms with Crippen LogP contribution >= 0.6 is 11.6 Å². The third-order valence-corrected chi connectivity index (χ3v) is 2.82. The molecule has 5 heteroatoms. The van der Waals surface area contributed by atoms with Gasteiger partial charge in [0.2, 0.25) is 5.95 Å². The van der Waals surface area contributed by atoms with Crippen LogP contribution in [0.3, 0.4) is 0 Å². The van der Waals surface area contributed by atoms with E-state index < -0.39 is 0 Å². The van der Waals surface area contributed by atoms with Gasteiger partial charge in [0, 0.05) is 6.54 Å². The van der Waals surface area contributed by atoms with Crippen LogP contribution in [0.15, 0.2) is 36.5 Å². The van der Waals surface area contributed by atoms with Crippen molar-refractivity contribution in [1.82, 2.24) is 9.97 Å². The Bertz CT molecular complexity index is 502. The molecule has 2 aromatic rings. The second kappa shape index (κ2) is 6.21. The van der Waals surface area contributed by atoms with Crippen LogP contribution in [0, 0.1) is 0 Å². The summed E-state index contributed by atoms with van der Waals surface area (Å²) in [5.74, 6) is 0.821. The van der Waals surface area contributed by atoms with Crippen LogP contribution in [0.25, 0.3) is 0 Å². The molecule has 0 amide bonds. The molecule has 18 heavy (non-hydrogen) atoms. The Labute approximate surface area is 111 Å². The quantitative estimate of drug-likeness (QED) is 0.814. The number of aryl methyl sites for hydroxylation is 1. The largest absolute Gasteiger partial charge is 0.369 e. The van der Waals surface area contributed by atoms with Crippen molar-refractivity contribution in [3.8, 4) is 0 Å². The molecule has 0 radical (unpaired) electrons. The molecule has 4 nitrogen and oxygen atoms in total. The number of nitrogens with one attached hydrogen (secondary N) is 1. The van der Waals surface area contributed by atoms with E-state index in [-0.39, 0.29) is 5.95 Å². The Morgan fingerprint density at radius 3 is 2.78 bits per heavy atom. The van der Waals surface area contributed by atoms with Crippen LogP contribution in [0.4, 0.5) is 11.8 Å². The van der Waals surface area contributed by atoms with Crippen molar-refractivity contribution in [2.45, 2.75) is 12.8 Å². The molecule has 0 aliphatic carbocycles. The van der Waals surface area contributed by atoms with Gasteiger partial charge in [0.05, 0.1) is 6.20 Å². The van der Waals surface area contributed by atoms with Crippen molar-refractivity contribution in [3.63, 3.8) is 0 Å². The van der Waals surface area contributed by atoms with Crippen molar-refractivity contribution in [3.05, 3.63) is 47.1 Å². The van der Waals surface area contributed by atoms with Gasteiger partial charge in [-0.15, -0.1) is 0 Å². The zero-order chi connectivity index (χ0) is 12.8. The van der Waals surface area contributed by atoms with Gasteiger partial charge in [0.25, 0.3) is 0 Å². The first-order chi connectivity index (χ1) is 8.75. The Morgan fingerprint density at radius 2 is 2.00 bits per heavy atom. The summed E-state index contributed by atoms with van der Waals surface area (Å²) in [5, 5.41) is 3.65. The number of anilines is 2. The highest BCUT2D eigenvalue weighted by atomic mass is 35.5. The number of halogens is 1. The molecule has 0 spiro atoms. The van der Waals surface area contributed by atoms with Gasteiger partial charge in [-0.05, 0) is 18.4 Å². The Morgan fingerprint density at radius 1 is 1.22 bits per heavy atom. The summed E-state index contributed by atoms with van der Waals surface area (Å²) in [6.07, 6.45) is 3.53. The zero-order valence-electron chi connectivity index (χ0n) is 9.94. The molecule has 0 saturated carbocycles. The average Bonchev–Trinajstić information content (AvgIpc) is 2.40. The average molecular weight is 263 g/mol. The maximum Gasteiger partial charge on any atom is 0.222 e. The first kappa shape index (κ1) is 12.6. The highest BCUT2D eigenvalue weighted by molar-refractivity contribution is 6.32. The summed E-state index contributed by atoms with van der Waals surface area (Å²) >= 11 is 5.95. The Kier molecular flexibility index (Phi) is 4.36. The monoisotopic (exact) mass is 262 g/mol. The molecule has 0 aliphatic rings. The highest BCUT2D eigenvalue weighted by Gasteiger charge is 2.02. The molecule has 1 aromatic heterocycles. The number of aromatic nitrogens is 2. The maximum absolute atomic E-state index is 5.95. The van der Waals surface area contributed by atoms with Crippen molar-refractivity contribution < 1.29 is 0 Å². The number of hydrogen-bond acceptors (Lipinski definition) is 4. The summed E-state index contributed by atoms with van der Waals surface area (Å²) in [4.78, 5) is 7.85. The summed E-state index contributed by atoms with van der Waals surface area (Å²) < 4.78 is 0. The van der Waals surface area contributed by atoms with Gasteiger partial charge in [-0.1, -0.05) is 41.9 Å². The molecular weight excluding hydrogens is 248 g/mol. The van der Waals surface area contributed by atoms with Crippen LogP contribution in [0.2, 0.25) is 5.02 Å². The molecule has 0 bridgehead atoms. The van der Waals surface area contributed by atoms with Crippen LogP contribution in [0.5, 0.6) is 0 Å². The molecule has 0 atom stereocenters. The molecule has 0 fully saturated rings. The first-order valence-electron chi connectivity index (χ1n) is 5.81. The van der Waals surface area contributed by atoms with E-state index in [4.69, 9.17) is 17.3 Å². The fourth-order valence-electron chi connectivity index (χ4n) is 1.65. The van der Waals surface area contributed by atoms with Gasteiger partial charge in [-0.3, -0.25) is 0 Å². The number of nitrogen functional groups attached to an aromatic ring is 1. The van der Waals surface area contributed by atoms with Crippen molar-refractivity contribution in [1.29, 1.82) is 0 Å². The van der Waals surface area contributed by atoms with E-state index in [0.717, 1.165) is 19.4 Å². The van der Waals surface area contributed by atoms with E-state index in [1.165, 1.54) is 11.8 Å². The van der Waals surface area contributed by atoms with Gasteiger partial charge >= 0.3 is 0 Å². The highest BCUT2D eigenvalue weighted by Crippen LogP contribution is 2.18. The first-order valence-corrected chi connectivity index (χ1v) is 6.19. The number of rotatable bonds is 5. The normalized spacial score (nSPS) is 10.3.